The molecule has 7 nitrogen and oxygen atoms in total. The molecule has 0 bridgehead atoms. The number of hydrogen-bond donors (Lipinski definition) is 0. The molecule has 0 radical (unpaired) electrons. The van der Waals surface area contributed by atoms with Crippen molar-refractivity contribution in [1.29, 1.82) is 0 Å². The molecule has 30 heavy (non-hydrogen) atoms. The number of rotatable bonds is 8. The zero-order valence-electron chi connectivity index (χ0n) is 17.1. The summed E-state index contributed by atoms with van der Waals surface area (Å²) in [5.74, 6) is 1.03. The summed E-state index contributed by atoms with van der Waals surface area (Å²) in [7, 11) is 3.10. The molecule has 0 saturated heterocycles. The highest BCUT2D eigenvalue weighted by atomic mass is 16.6. The van der Waals surface area contributed by atoms with Crippen molar-refractivity contribution in [3.05, 3.63) is 41.5 Å². The number of carbonyl (C=O) groups is 2. The van der Waals surface area contributed by atoms with E-state index in [1.54, 1.807) is 26.4 Å². The lowest BCUT2D eigenvalue weighted by Crippen LogP contribution is -2.25. The first kappa shape index (κ1) is 20.1. The predicted molar refractivity (Wildman–Crippen MR) is 108 cm³/mol. The normalized spacial score (nSPS) is 15.1. The number of esters is 2. The van der Waals surface area contributed by atoms with Crippen LogP contribution in [-0.4, -0.2) is 39.4 Å². The zero-order chi connectivity index (χ0) is 21.1. The molecular formula is C23H24O7. The second kappa shape index (κ2) is 8.65. The Kier molecular flexibility index (Phi) is 5.79. The largest absolute Gasteiger partial charge is 0.493 e. The second-order valence-corrected chi connectivity index (χ2v) is 7.27. The summed E-state index contributed by atoms with van der Waals surface area (Å²) >= 11 is 0. The average Bonchev–Trinajstić information content (AvgIpc) is 3.09. The van der Waals surface area contributed by atoms with Gasteiger partial charge in [-0.15, -0.1) is 0 Å². The van der Waals surface area contributed by atoms with Gasteiger partial charge in [-0.1, -0.05) is 12.5 Å². The number of methoxy groups -OCH3 is 2. The van der Waals surface area contributed by atoms with Crippen LogP contribution in [0.1, 0.15) is 35.2 Å². The molecule has 1 aliphatic heterocycles. The molecule has 0 unspecified atom stereocenters. The molecule has 2 aromatic carbocycles. The van der Waals surface area contributed by atoms with Gasteiger partial charge in [-0.05, 0) is 42.7 Å². The third kappa shape index (κ3) is 3.79. The molecule has 2 aliphatic rings. The van der Waals surface area contributed by atoms with E-state index >= 15 is 0 Å². The highest BCUT2D eigenvalue weighted by molar-refractivity contribution is 5.94. The van der Waals surface area contributed by atoms with E-state index in [0.717, 1.165) is 36.0 Å². The lowest BCUT2D eigenvalue weighted by Gasteiger charge is -2.23. The van der Waals surface area contributed by atoms with Crippen LogP contribution in [0.2, 0.25) is 0 Å². The van der Waals surface area contributed by atoms with Crippen LogP contribution in [0.3, 0.4) is 0 Å². The van der Waals surface area contributed by atoms with E-state index in [1.807, 2.05) is 18.2 Å². The monoisotopic (exact) mass is 412 g/mol. The van der Waals surface area contributed by atoms with Gasteiger partial charge in [0, 0.05) is 11.1 Å². The van der Waals surface area contributed by atoms with Crippen molar-refractivity contribution < 1.29 is 33.3 Å². The minimum absolute atomic E-state index is 0.0308. The molecule has 7 heteroatoms. The molecule has 0 spiro atoms. The minimum atomic E-state index is -0.311. The molecule has 0 aromatic heterocycles. The molecule has 1 heterocycles. The molecule has 1 saturated carbocycles. The zero-order valence-corrected chi connectivity index (χ0v) is 17.1. The van der Waals surface area contributed by atoms with Crippen molar-refractivity contribution in [2.45, 2.75) is 25.9 Å². The Balaban J connectivity index is 1.57. The second-order valence-electron chi connectivity index (χ2n) is 7.27. The molecule has 0 atom stereocenters. The fourth-order valence-electron chi connectivity index (χ4n) is 3.62. The summed E-state index contributed by atoms with van der Waals surface area (Å²) in [4.78, 5) is 23.7. The van der Waals surface area contributed by atoms with Crippen LogP contribution in [0, 0.1) is 5.92 Å². The first-order valence-electron chi connectivity index (χ1n) is 9.97. The number of hydrogen-bond acceptors (Lipinski definition) is 7. The van der Waals surface area contributed by atoms with Crippen LogP contribution in [-0.2, 0) is 20.9 Å². The van der Waals surface area contributed by atoms with Gasteiger partial charge in [0.1, 0.15) is 19.8 Å². The first-order chi connectivity index (χ1) is 14.6. The van der Waals surface area contributed by atoms with Gasteiger partial charge in [-0.3, -0.25) is 4.79 Å². The van der Waals surface area contributed by atoms with Crippen molar-refractivity contribution >= 4 is 11.9 Å². The Hall–Kier alpha value is -3.22. The van der Waals surface area contributed by atoms with E-state index in [2.05, 4.69) is 0 Å². The van der Waals surface area contributed by atoms with Crippen molar-refractivity contribution in [3.63, 3.8) is 0 Å². The summed E-state index contributed by atoms with van der Waals surface area (Å²) < 4.78 is 27.4. The van der Waals surface area contributed by atoms with Crippen LogP contribution < -0.4 is 14.2 Å². The summed E-state index contributed by atoms with van der Waals surface area (Å²) in [6.07, 6.45) is 2.88. The summed E-state index contributed by atoms with van der Waals surface area (Å²) in [5.41, 5.74) is 3.03. The molecule has 1 fully saturated rings. The van der Waals surface area contributed by atoms with Gasteiger partial charge in [-0.25, -0.2) is 4.79 Å². The number of fused-ring (bicyclic) bond motifs is 1. The topological polar surface area (TPSA) is 80.3 Å². The SMILES string of the molecule is COc1ccc(-c2ccc3c(c2)COC3=O)c(OCCOC(=O)C2CCC2)c1OC. The van der Waals surface area contributed by atoms with E-state index in [1.165, 1.54) is 0 Å². The van der Waals surface area contributed by atoms with Crippen LogP contribution in [0.4, 0.5) is 0 Å². The quantitative estimate of drug-likeness (QED) is 0.482. The van der Waals surface area contributed by atoms with Crippen LogP contribution in [0.5, 0.6) is 17.2 Å². The number of benzene rings is 2. The smallest absolute Gasteiger partial charge is 0.338 e. The van der Waals surface area contributed by atoms with E-state index in [0.29, 0.717) is 22.8 Å². The van der Waals surface area contributed by atoms with Gasteiger partial charge >= 0.3 is 11.9 Å². The van der Waals surface area contributed by atoms with Crippen molar-refractivity contribution in [2.75, 3.05) is 27.4 Å². The van der Waals surface area contributed by atoms with Crippen LogP contribution >= 0.6 is 0 Å². The Morgan fingerprint density at radius 1 is 1.03 bits per heavy atom. The summed E-state index contributed by atoms with van der Waals surface area (Å²) in [6, 6.07) is 9.17. The van der Waals surface area contributed by atoms with Gasteiger partial charge in [0.05, 0.1) is 25.7 Å². The van der Waals surface area contributed by atoms with Gasteiger partial charge < -0.3 is 23.7 Å². The Morgan fingerprint density at radius 2 is 1.83 bits per heavy atom. The first-order valence-corrected chi connectivity index (χ1v) is 9.97. The van der Waals surface area contributed by atoms with E-state index in [4.69, 9.17) is 23.7 Å². The average molecular weight is 412 g/mol. The van der Waals surface area contributed by atoms with E-state index < -0.39 is 0 Å². The predicted octanol–water partition coefficient (Wildman–Crippen LogP) is 3.76. The van der Waals surface area contributed by atoms with E-state index in [-0.39, 0.29) is 37.7 Å². The van der Waals surface area contributed by atoms with Crippen molar-refractivity contribution in [3.8, 4) is 28.4 Å². The highest BCUT2D eigenvalue weighted by Crippen LogP contribution is 2.45. The third-order valence-corrected chi connectivity index (χ3v) is 5.51. The maximum Gasteiger partial charge on any atom is 0.338 e. The highest BCUT2D eigenvalue weighted by Gasteiger charge is 2.27. The number of ether oxygens (including phenoxy) is 5. The molecule has 0 N–H and O–H groups in total. The molecule has 158 valence electrons. The Bertz CT molecular complexity index is 962. The number of cyclic esters (lactones) is 1. The standard InChI is InChI=1S/C23H24O7/c1-26-19-9-8-17(15-6-7-18-16(12-15)13-30-23(18)25)20(21(19)27-2)28-10-11-29-22(24)14-4-3-5-14/h6-9,12,14H,3-5,10-11,13H2,1-2H3. The van der Waals surface area contributed by atoms with Gasteiger partial charge in [0.25, 0.3) is 0 Å². The molecule has 4 rings (SSSR count). The fraction of sp³-hybridized carbons (Fsp3) is 0.391. The maximum atomic E-state index is 11.9. The Morgan fingerprint density at radius 3 is 2.53 bits per heavy atom. The van der Waals surface area contributed by atoms with Gasteiger partial charge in [0.15, 0.2) is 11.5 Å². The van der Waals surface area contributed by atoms with Crippen LogP contribution in [0.15, 0.2) is 30.3 Å². The summed E-state index contributed by atoms with van der Waals surface area (Å²) in [6.45, 7) is 0.589. The van der Waals surface area contributed by atoms with E-state index in [9.17, 15) is 9.59 Å². The molecule has 1 aliphatic carbocycles. The van der Waals surface area contributed by atoms with Crippen molar-refractivity contribution in [2.24, 2.45) is 5.92 Å². The molecular weight excluding hydrogens is 388 g/mol. The van der Waals surface area contributed by atoms with Gasteiger partial charge in [-0.2, -0.15) is 0 Å². The third-order valence-electron chi connectivity index (χ3n) is 5.51. The Labute approximate surface area is 174 Å². The van der Waals surface area contributed by atoms with Crippen molar-refractivity contribution in [1.82, 2.24) is 0 Å². The summed E-state index contributed by atoms with van der Waals surface area (Å²) in [5, 5.41) is 0. The lowest BCUT2D eigenvalue weighted by molar-refractivity contribution is -0.152. The molecule has 2 aromatic rings. The fourth-order valence-corrected chi connectivity index (χ4v) is 3.62. The minimum Gasteiger partial charge on any atom is -0.493 e. The number of carbonyl (C=O) groups excluding carboxylic acids is 2. The lowest BCUT2D eigenvalue weighted by atomic mass is 9.86. The molecule has 0 amide bonds. The van der Waals surface area contributed by atoms with Gasteiger partial charge in [0.2, 0.25) is 5.75 Å². The van der Waals surface area contributed by atoms with Crippen LogP contribution in [0.25, 0.3) is 11.1 Å². The maximum absolute atomic E-state index is 11.9.